The molecule has 106 valence electrons. The predicted molar refractivity (Wildman–Crippen MR) is 80.7 cm³/mol. The zero-order valence-corrected chi connectivity index (χ0v) is 13.0. The van der Waals surface area contributed by atoms with Crippen LogP contribution in [0.4, 0.5) is 0 Å². The van der Waals surface area contributed by atoms with Gasteiger partial charge in [-0.15, -0.1) is 0 Å². The average molecular weight is 303 g/mol. The molecule has 19 heavy (non-hydrogen) atoms. The minimum Gasteiger partial charge on any atom is -0.355 e. The fourth-order valence-corrected chi connectivity index (χ4v) is 2.73. The van der Waals surface area contributed by atoms with Crippen molar-refractivity contribution in [3.05, 3.63) is 33.8 Å². The fourth-order valence-electron chi connectivity index (χ4n) is 1.82. The molecular formula is C14H20Cl2N2O. The molecule has 1 aromatic rings. The van der Waals surface area contributed by atoms with Gasteiger partial charge in [-0.3, -0.25) is 4.79 Å². The van der Waals surface area contributed by atoms with E-state index in [9.17, 15) is 4.79 Å². The van der Waals surface area contributed by atoms with E-state index < -0.39 is 0 Å². The summed E-state index contributed by atoms with van der Waals surface area (Å²) in [6.07, 6.45) is 0. The molecule has 1 amide bonds. The Morgan fingerprint density at radius 3 is 2.37 bits per heavy atom. The molecule has 3 N–H and O–H groups in total. The molecule has 5 heteroatoms. The molecule has 0 saturated heterocycles. The van der Waals surface area contributed by atoms with E-state index in [1.54, 1.807) is 25.1 Å². The van der Waals surface area contributed by atoms with E-state index in [0.29, 0.717) is 23.1 Å². The first kappa shape index (κ1) is 16.3. The molecule has 0 radical (unpaired) electrons. The monoisotopic (exact) mass is 302 g/mol. The Balaban J connectivity index is 2.84. The van der Waals surface area contributed by atoms with Crippen LogP contribution in [0.3, 0.4) is 0 Å². The maximum Gasteiger partial charge on any atom is 0.224 e. The number of hydrogen-bond acceptors (Lipinski definition) is 2. The summed E-state index contributed by atoms with van der Waals surface area (Å²) < 4.78 is 0. The minimum absolute atomic E-state index is 0.0567. The Morgan fingerprint density at radius 2 is 1.89 bits per heavy atom. The van der Waals surface area contributed by atoms with Crippen molar-refractivity contribution >= 4 is 29.1 Å². The van der Waals surface area contributed by atoms with Gasteiger partial charge in [0.2, 0.25) is 5.91 Å². The van der Waals surface area contributed by atoms with E-state index in [-0.39, 0.29) is 17.2 Å². The Morgan fingerprint density at radius 1 is 1.37 bits per heavy atom. The van der Waals surface area contributed by atoms with Gasteiger partial charge >= 0.3 is 0 Å². The number of carbonyl (C=O) groups excluding carboxylic acids is 1. The lowest BCUT2D eigenvalue weighted by molar-refractivity contribution is -0.124. The highest BCUT2D eigenvalue weighted by Crippen LogP contribution is 2.35. The fraction of sp³-hybridized carbons (Fsp3) is 0.500. The van der Waals surface area contributed by atoms with E-state index in [4.69, 9.17) is 28.9 Å². The molecule has 1 rings (SSSR count). The maximum atomic E-state index is 11.8. The van der Waals surface area contributed by atoms with Crippen molar-refractivity contribution in [3.63, 3.8) is 0 Å². The molecule has 0 fully saturated rings. The van der Waals surface area contributed by atoms with Crippen LogP contribution in [0.5, 0.6) is 0 Å². The number of nitrogens with one attached hydrogen (secondary N) is 1. The van der Waals surface area contributed by atoms with Gasteiger partial charge in [-0.2, -0.15) is 0 Å². The lowest BCUT2D eigenvalue weighted by Crippen LogP contribution is -2.41. The Bertz CT molecular complexity index is 441. The summed E-state index contributed by atoms with van der Waals surface area (Å²) in [6.45, 7) is 6.57. The third kappa shape index (κ3) is 4.10. The van der Waals surface area contributed by atoms with E-state index >= 15 is 0 Å². The van der Waals surface area contributed by atoms with E-state index in [0.717, 1.165) is 5.56 Å². The molecular weight excluding hydrogens is 283 g/mol. The van der Waals surface area contributed by atoms with E-state index in [2.05, 4.69) is 5.32 Å². The average Bonchev–Trinajstić information content (AvgIpc) is 2.34. The molecule has 0 aliphatic rings. The van der Waals surface area contributed by atoms with Crippen LogP contribution in [0.1, 0.15) is 26.3 Å². The zero-order chi connectivity index (χ0) is 14.6. The van der Waals surface area contributed by atoms with Crippen molar-refractivity contribution in [2.75, 3.05) is 13.1 Å². The summed E-state index contributed by atoms with van der Waals surface area (Å²) >= 11 is 12.4. The van der Waals surface area contributed by atoms with Gasteiger partial charge < -0.3 is 11.1 Å². The molecule has 0 bridgehead atoms. The predicted octanol–water partition coefficient (Wildman–Crippen LogP) is 2.98. The highest BCUT2D eigenvalue weighted by molar-refractivity contribution is 6.36. The number of nitrogens with two attached hydrogens (primary N) is 1. The SMILES string of the molecule is CC(CN)C(=O)NCC(C)(C)c1c(Cl)cccc1Cl. The molecule has 0 aliphatic carbocycles. The van der Waals surface area contributed by atoms with Crippen LogP contribution in [0.15, 0.2) is 18.2 Å². The van der Waals surface area contributed by atoms with Gasteiger partial charge in [-0.05, 0) is 17.7 Å². The number of halogens is 2. The summed E-state index contributed by atoms with van der Waals surface area (Å²) in [5.41, 5.74) is 5.97. The summed E-state index contributed by atoms with van der Waals surface area (Å²) in [4.78, 5) is 11.8. The van der Waals surface area contributed by atoms with Crippen molar-refractivity contribution in [1.29, 1.82) is 0 Å². The summed E-state index contributed by atoms with van der Waals surface area (Å²) in [5.74, 6) is -0.253. The lowest BCUT2D eigenvalue weighted by Gasteiger charge is -2.28. The Labute approximate surface area is 124 Å². The molecule has 1 atom stereocenters. The molecule has 3 nitrogen and oxygen atoms in total. The number of rotatable bonds is 5. The molecule has 0 aliphatic heterocycles. The van der Waals surface area contributed by atoms with Crippen LogP contribution >= 0.6 is 23.2 Å². The van der Waals surface area contributed by atoms with Crippen LogP contribution < -0.4 is 11.1 Å². The summed E-state index contributed by atoms with van der Waals surface area (Å²) in [5, 5.41) is 4.11. The van der Waals surface area contributed by atoms with Crippen LogP contribution in [-0.4, -0.2) is 19.0 Å². The van der Waals surface area contributed by atoms with Gasteiger partial charge in [-0.25, -0.2) is 0 Å². The van der Waals surface area contributed by atoms with Crippen molar-refractivity contribution in [1.82, 2.24) is 5.32 Å². The quantitative estimate of drug-likeness (QED) is 0.878. The van der Waals surface area contributed by atoms with Crippen LogP contribution in [-0.2, 0) is 10.2 Å². The number of benzene rings is 1. The first-order valence-electron chi connectivity index (χ1n) is 6.22. The van der Waals surface area contributed by atoms with Crippen LogP contribution in [0.25, 0.3) is 0 Å². The minimum atomic E-state index is -0.348. The third-order valence-electron chi connectivity index (χ3n) is 3.15. The maximum absolute atomic E-state index is 11.8. The van der Waals surface area contributed by atoms with Crippen molar-refractivity contribution in [2.45, 2.75) is 26.2 Å². The molecule has 0 heterocycles. The van der Waals surface area contributed by atoms with Crippen LogP contribution in [0.2, 0.25) is 10.0 Å². The first-order chi connectivity index (χ1) is 8.79. The second kappa shape index (κ2) is 6.60. The van der Waals surface area contributed by atoms with Gasteiger partial charge in [0, 0.05) is 34.5 Å². The zero-order valence-electron chi connectivity index (χ0n) is 11.5. The standard InChI is InChI=1S/C14H20Cl2N2O/c1-9(7-17)13(19)18-8-14(2,3)12-10(15)5-4-6-11(12)16/h4-6,9H,7-8,17H2,1-3H3,(H,18,19). The van der Waals surface area contributed by atoms with Gasteiger partial charge in [-0.1, -0.05) is 50.0 Å². The van der Waals surface area contributed by atoms with Crippen molar-refractivity contribution < 1.29 is 4.79 Å². The molecule has 0 aromatic heterocycles. The van der Waals surface area contributed by atoms with Gasteiger partial charge in [0.25, 0.3) is 0 Å². The number of amides is 1. The van der Waals surface area contributed by atoms with Gasteiger partial charge in [0.05, 0.1) is 0 Å². The highest BCUT2D eigenvalue weighted by atomic mass is 35.5. The smallest absolute Gasteiger partial charge is 0.224 e. The van der Waals surface area contributed by atoms with Gasteiger partial charge in [0.1, 0.15) is 0 Å². The molecule has 1 unspecified atom stereocenters. The number of carbonyl (C=O) groups is 1. The van der Waals surface area contributed by atoms with E-state index in [1.807, 2.05) is 13.8 Å². The Hall–Kier alpha value is -0.770. The van der Waals surface area contributed by atoms with E-state index in [1.165, 1.54) is 0 Å². The first-order valence-corrected chi connectivity index (χ1v) is 6.97. The Kier molecular flexibility index (Phi) is 5.65. The lowest BCUT2D eigenvalue weighted by atomic mass is 9.84. The van der Waals surface area contributed by atoms with Gasteiger partial charge in [0.15, 0.2) is 0 Å². The molecule has 0 saturated carbocycles. The third-order valence-corrected chi connectivity index (χ3v) is 3.78. The number of hydrogen-bond donors (Lipinski definition) is 2. The molecule has 1 aromatic carbocycles. The van der Waals surface area contributed by atoms with Crippen molar-refractivity contribution in [3.8, 4) is 0 Å². The second-order valence-electron chi connectivity index (χ2n) is 5.34. The second-order valence-corrected chi connectivity index (χ2v) is 6.15. The summed E-state index contributed by atoms with van der Waals surface area (Å²) in [6, 6.07) is 5.41. The van der Waals surface area contributed by atoms with Crippen LogP contribution in [0, 0.1) is 5.92 Å². The summed E-state index contributed by atoms with van der Waals surface area (Å²) in [7, 11) is 0. The van der Waals surface area contributed by atoms with Crippen molar-refractivity contribution in [2.24, 2.45) is 11.7 Å². The largest absolute Gasteiger partial charge is 0.355 e. The normalized spacial score (nSPS) is 13.2. The molecule has 0 spiro atoms. The highest BCUT2D eigenvalue weighted by Gasteiger charge is 2.27. The topological polar surface area (TPSA) is 55.1 Å².